The third kappa shape index (κ3) is 4.71. The van der Waals surface area contributed by atoms with Crippen LogP contribution < -0.4 is 11.1 Å². The van der Waals surface area contributed by atoms with Gasteiger partial charge in [0.05, 0.1) is 6.42 Å². The smallest absolute Gasteiger partial charge is 0.305 e. The van der Waals surface area contributed by atoms with Gasteiger partial charge in [0.25, 0.3) is 5.91 Å². The molecule has 5 nitrogen and oxygen atoms in total. The summed E-state index contributed by atoms with van der Waals surface area (Å²) in [5.74, 6) is -1.12. The largest absolute Gasteiger partial charge is 0.481 e. The van der Waals surface area contributed by atoms with E-state index in [9.17, 15) is 9.59 Å². The molecule has 0 aromatic heterocycles. The molecule has 104 valence electrons. The lowest BCUT2D eigenvalue weighted by molar-refractivity contribution is -0.137. The van der Waals surface area contributed by atoms with Gasteiger partial charge >= 0.3 is 5.97 Å². The Morgan fingerprint density at radius 3 is 2.26 bits per heavy atom. The Bertz CT molecular complexity index is 441. The van der Waals surface area contributed by atoms with Crippen molar-refractivity contribution >= 4 is 11.9 Å². The minimum Gasteiger partial charge on any atom is -0.481 e. The Morgan fingerprint density at radius 1 is 1.26 bits per heavy atom. The zero-order valence-electron chi connectivity index (χ0n) is 11.2. The van der Waals surface area contributed by atoms with Crippen LogP contribution in [0.5, 0.6) is 0 Å². The van der Waals surface area contributed by atoms with Crippen LogP contribution in [0.4, 0.5) is 0 Å². The normalized spacial score (nSPS) is 12.2. The lowest BCUT2D eigenvalue weighted by Crippen LogP contribution is -2.40. The highest BCUT2D eigenvalue weighted by atomic mass is 16.4. The lowest BCUT2D eigenvalue weighted by atomic mass is 10.0. The van der Waals surface area contributed by atoms with Crippen molar-refractivity contribution in [2.24, 2.45) is 11.7 Å². The van der Waals surface area contributed by atoms with Gasteiger partial charge in [-0.2, -0.15) is 0 Å². The number of nitrogens with one attached hydrogen (secondary N) is 1. The van der Waals surface area contributed by atoms with Crippen LogP contribution in [0.15, 0.2) is 24.3 Å². The van der Waals surface area contributed by atoms with E-state index in [2.05, 4.69) is 5.32 Å². The monoisotopic (exact) mass is 264 g/mol. The minimum atomic E-state index is -0.919. The van der Waals surface area contributed by atoms with E-state index in [1.165, 1.54) is 0 Å². The van der Waals surface area contributed by atoms with Gasteiger partial charge in [-0.3, -0.25) is 9.59 Å². The van der Waals surface area contributed by atoms with Crippen molar-refractivity contribution in [1.82, 2.24) is 5.32 Å². The molecular weight excluding hydrogens is 244 g/mol. The third-order valence-electron chi connectivity index (χ3n) is 2.97. The topological polar surface area (TPSA) is 92.4 Å². The van der Waals surface area contributed by atoms with Gasteiger partial charge in [0.2, 0.25) is 0 Å². The average molecular weight is 264 g/mol. The van der Waals surface area contributed by atoms with Crippen LogP contribution in [0.2, 0.25) is 0 Å². The fourth-order valence-electron chi connectivity index (χ4n) is 1.69. The molecule has 4 N–H and O–H groups in total. The van der Waals surface area contributed by atoms with Gasteiger partial charge in [0.1, 0.15) is 0 Å². The molecule has 1 unspecified atom stereocenters. The van der Waals surface area contributed by atoms with Crippen LogP contribution in [0.25, 0.3) is 0 Å². The number of rotatable bonds is 6. The average Bonchev–Trinajstić information content (AvgIpc) is 2.37. The van der Waals surface area contributed by atoms with Crippen molar-refractivity contribution < 1.29 is 14.7 Å². The number of hydrogen-bond acceptors (Lipinski definition) is 3. The number of amides is 1. The van der Waals surface area contributed by atoms with E-state index in [0.717, 1.165) is 5.56 Å². The molecule has 0 aliphatic rings. The van der Waals surface area contributed by atoms with Gasteiger partial charge < -0.3 is 16.2 Å². The molecule has 0 radical (unpaired) electrons. The van der Waals surface area contributed by atoms with Crippen LogP contribution in [0.3, 0.4) is 0 Å². The maximum atomic E-state index is 12.0. The molecule has 1 atom stereocenters. The van der Waals surface area contributed by atoms with Crippen LogP contribution in [0, 0.1) is 5.92 Å². The molecule has 0 aliphatic heterocycles. The molecule has 0 fully saturated rings. The van der Waals surface area contributed by atoms with E-state index in [4.69, 9.17) is 10.8 Å². The van der Waals surface area contributed by atoms with E-state index in [0.29, 0.717) is 12.1 Å². The van der Waals surface area contributed by atoms with Crippen molar-refractivity contribution in [2.75, 3.05) is 0 Å². The summed E-state index contributed by atoms with van der Waals surface area (Å²) in [5.41, 5.74) is 6.94. The van der Waals surface area contributed by atoms with E-state index in [1.54, 1.807) is 24.3 Å². The zero-order chi connectivity index (χ0) is 14.4. The van der Waals surface area contributed by atoms with Crippen LogP contribution in [0.1, 0.15) is 36.2 Å². The molecule has 0 saturated carbocycles. The zero-order valence-corrected chi connectivity index (χ0v) is 11.2. The number of carbonyl (C=O) groups excluding carboxylic acids is 1. The minimum absolute atomic E-state index is 0.0587. The summed E-state index contributed by atoms with van der Waals surface area (Å²) < 4.78 is 0. The van der Waals surface area contributed by atoms with Crippen molar-refractivity contribution in [3.63, 3.8) is 0 Å². The molecule has 5 heteroatoms. The van der Waals surface area contributed by atoms with Gasteiger partial charge in [-0.1, -0.05) is 26.0 Å². The van der Waals surface area contributed by atoms with E-state index >= 15 is 0 Å². The first kappa shape index (κ1) is 15.2. The van der Waals surface area contributed by atoms with Gasteiger partial charge in [-0.15, -0.1) is 0 Å². The summed E-state index contributed by atoms with van der Waals surface area (Å²) >= 11 is 0. The summed E-state index contributed by atoms with van der Waals surface area (Å²) in [5, 5.41) is 11.6. The van der Waals surface area contributed by atoms with Crippen LogP contribution >= 0.6 is 0 Å². The van der Waals surface area contributed by atoms with Gasteiger partial charge in [-0.05, 0) is 23.6 Å². The van der Waals surface area contributed by atoms with Crippen molar-refractivity contribution in [3.05, 3.63) is 35.4 Å². The highest BCUT2D eigenvalue weighted by molar-refractivity contribution is 5.94. The van der Waals surface area contributed by atoms with E-state index in [-0.39, 0.29) is 24.3 Å². The van der Waals surface area contributed by atoms with E-state index in [1.807, 2.05) is 13.8 Å². The summed E-state index contributed by atoms with van der Waals surface area (Å²) in [6, 6.07) is 6.58. The standard InChI is InChI=1S/C14H20N2O3/c1-9(2)12(7-13(17)18)16-14(19)11-5-3-10(8-15)4-6-11/h3-6,9,12H,7-8,15H2,1-2H3,(H,16,19)(H,17,18). The predicted octanol–water partition coefficient (Wildman–Crippen LogP) is 1.37. The number of hydrogen-bond donors (Lipinski definition) is 3. The summed E-state index contributed by atoms with van der Waals surface area (Å²) in [4.78, 5) is 22.8. The second kappa shape index (κ2) is 6.89. The number of carboxylic acids is 1. The number of carbonyl (C=O) groups is 2. The molecule has 1 aromatic carbocycles. The molecule has 19 heavy (non-hydrogen) atoms. The fourth-order valence-corrected chi connectivity index (χ4v) is 1.69. The maximum absolute atomic E-state index is 12.0. The molecular formula is C14H20N2O3. The Labute approximate surface area is 112 Å². The molecule has 0 bridgehead atoms. The second-order valence-electron chi connectivity index (χ2n) is 4.82. The third-order valence-corrected chi connectivity index (χ3v) is 2.97. The van der Waals surface area contributed by atoms with Gasteiger partial charge in [0, 0.05) is 18.2 Å². The summed E-state index contributed by atoms with van der Waals surface area (Å²) in [6.07, 6.45) is -0.0791. The highest BCUT2D eigenvalue weighted by Gasteiger charge is 2.19. The van der Waals surface area contributed by atoms with Crippen molar-refractivity contribution in [2.45, 2.75) is 32.9 Å². The Hall–Kier alpha value is -1.88. The van der Waals surface area contributed by atoms with Gasteiger partial charge in [-0.25, -0.2) is 0 Å². The van der Waals surface area contributed by atoms with Crippen LogP contribution in [-0.4, -0.2) is 23.0 Å². The number of aliphatic carboxylic acids is 1. The van der Waals surface area contributed by atoms with E-state index < -0.39 is 5.97 Å². The molecule has 0 saturated heterocycles. The SMILES string of the molecule is CC(C)C(CC(=O)O)NC(=O)c1ccc(CN)cc1. The molecule has 1 rings (SSSR count). The molecule has 0 aliphatic carbocycles. The molecule has 1 aromatic rings. The lowest BCUT2D eigenvalue weighted by Gasteiger charge is -2.20. The predicted molar refractivity (Wildman–Crippen MR) is 72.7 cm³/mol. The first-order valence-electron chi connectivity index (χ1n) is 6.25. The number of nitrogens with two attached hydrogens (primary N) is 1. The second-order valence-corrected chi connectivity index (χ2v) is 4.82. The Balaban J connectivity index is 2.72. The highest BCUT2D eigenvalue weighted by Crippen LogP contribution is 2.09. The first-order chi connectivity index (χ1) is 8.93. The molecule has 0 spiro atoms. The molecule has 0 heterocycles. The quantitative estimate of drug-likeness (QED) is 0.723. The Kier molecular flexibility index (Phi) is 5.51. The maximum Gasteiger partial charge on any atom is 0.305 e. The number of carboxylic acid groups (broad SMARTS) is 1. The summed E-state index contributed by atoms with van der Waals surface area (Å²) in [6.45, 7) is 4.19. The number of benzene rings is 1. The summed E-state index contributed by atoms with van der Waals surface area (Å²) in [7, 11) is 0. The van der Waals surface area contributed by atoms with Gasteiger partial charge in [0.15, 0.2) is 0 Å². The Morgan fingerprint density at radius 2 is 1.84 bits per heavy atom. The van der Waals surface area contributed by atoms with Crippen LogP contribution in [-0.2, 0) is 11.3 Å². The van der Waals surface area contributed by atoms with Crippen molar-refractivity contribution in [1.29, 1.82) is 0 Å². The fraction of sp³-hybridized carbons (Fsp3) is 0.429. The molecule has 1 amide bonds. The first-order valence-corrected chi connectivity index (χ1v) is 6.25. The van der Waals surface area contributed by atoms with Crippen molar-refractivity contribution in [3.8, 4) is 0 Å².